The van der Waals surface area contributed by atoms with E-state index < -0.39 is 0 Å². The van der Waals surface area contributed by atoms with E-state index in [4.69, 9.17) is 6.57 Å². The number of aromatic nitrogens is 2. The van der Waals surface area contributed by atoms with E-state index in [-0.39, 0.29) is 11.2 Å². The van der Waals surface area contributed by atoms with Crippen molar-refractivity contribution in [2.75, 3.05) is 0 Å². The largest absolute Gasteiger partial charge is 0.311 e. The Labute approximate surface area is 115 Å². The Morgan fingerprint density at radius 2 is 2.21 bits per heavy atom. The molecule has 0 spiro atoms. The van der Waals surface area contributed by atoms with Crippen LogP contribution >= 0.6 is 11.8 Å². The van der Waals surface area contributed by atoms with Gasteiger partial charge in [0.1, 0.15) is 0 Å². The first-order valence-corrected chi connectivity index (χ1v) is 6.75. The predicted molar refractivity (Wildman–Crippen MR) is 76.6 cm³/mol. The first-order valence-electron chi connectivity index (χ1n) is 5.77. The molecule has 1 heterocycles. The Morgan fingerprint density at radius 1 is 1.42 bits per heavy atom. The molecule has 0 aliphatic rings. The maximum atomic E-state index is 11.6. The van der Waals surface area contributed by atoms with Crippen LogP contribution in [0.25, 0.3) is 4.85 Å². The van der Waals surface area contributed by atoms with Gasteiger partial charge in [-0.05, 0) is 19.4 Å². The third-order valence-corrected chi connectivity index (χ3v) is 3.56. The van der Waals surface area contributed by atoms with Crippen molar-refractivity contribution >= 4 is 17.4 Å². The molecule has 2 rings (SSSR count). The number of rotatable bonds is 3. The van der Waals surface area contributed by atoms with E-state index >= 15 is 0 Å². The van der Waals surface area contributed by atoms with Crippen LogP contribution in [0.15, 0.2) is 34.2 Å². The lowest BCUT2D eigenvalue weighted by atomic mass is 10.2. The molecular weight excluding hydrogens is 258 g/mol. The second-order valence-electron chi connectivity index (χ2n) is 4.19. The molecule has 0 bridgehead atoms. The third-order valence-electron chi connectivity index (χ3n) is 2.62. The van der Waals surface area contributed by atoms with Gasteiger partial charge in [-0.2, -0.15) is 0 Å². The minimum Gasteiger partial charge on any atom is -0.311 e. The number of aromatic amines is 1. The number of thioether (sulfide) groups is 1. The summed E-state index contributed by atoms with van der Waals surface area (Å²) in [4.78, 5) is 21.7. The summed E-state index contributed by atoms with van der Waals surface area (Å²) >= 11 is 1.46. The molecule has 0 radical (unpaired) electrons. The van der Waals surface area contributed by atoms with Gasteiger partial charge in [-0.1, -0.05) is 41.6 Å². The topological polar surface area (TPSA) is 50.1 Å². The summed E-state index contributed by atoms with van der Waals surface area (Å²) in [7, 11) is 0. The zero-order chi connectivity index (χ0) is 13.8. The maximum Gasteiger partial charge on any atom is 0.271 e. The molecule has 1 aromatic carbocycles. The van der Waals surface area contributed by atoms with Crippen molar-refractivity contribution in [2.45, 2.75) is 24.8 Å². The van der Waals surface area contributed by atoms with Crippen LogP contribution in [-0.4, -0.2) is 9.97 Å². The highest BCUT2D eigenvalue weighted by Crippen LogP contribution is 2.20. The van der Waals surface area contributed by atoms with Crippen molar-refractivity contribution < 1.29 is 0 Å². The Hall–Kier alpha value is -2.06. The van der Waals surface area contributed by atoms with Gasteiger partial charge in [-0.15, -0.1) is 0 Å². The number of aryl methyl sites for hydroxylation is 2. The minimum atomic E-state index is -0.366. The quantitative estimate of drug-likeness (QED) is 0.529. The Balaban J connectivity index is 2.17. The summed E-state index contributed by atoms with van der Waals surface area (Å²) in [6.45, 7) is 10.6. The molecule has 0 atom stereocenters. The number of nitrogens with one attached hydrogen (secondary N) is 1. The van der Waals surface area contributed by atoms with Crippen LogP contribution in [0, 0.1) is 20.4 Å². The molecule has 1 N–H and O–H groups in total. The van der Waals surface area contributed by atoms with Crippen molar-refractivity contribution in [1.82, 2.24) is 9.97 Å². The molecule has 0 unspecified atom stereocenters. The average molecular weight is 271 g/mol. The smallest absolute Gasteiger partial charge is 0.271 e. The van der Waals surface area contributed by atoms with Gasteiger partial charge in [0.15, 0.2) is 5.16 Å². The second kappa shape index (κ2) is 5.72. The Morgan fingerprint density at radius 3 is 2.84 bits per heavy atom. The fourth-order valence-electron chi connectivity index (χ4n) is 1.71. The summed E-state index contributed by atoms with van der Waals surface area (Å²) in [5, 5.41) is 0.552. The molecular formula is C14H13N3OS. The van der Waals surface area contributed by atoms with Crippen molar-refractivity contribution in [3.63, 3.8) is 0 Å². The molecule has 19 heavy (non-hydrogen) atoms. The van der Waals surface area contributed by atoms with E-state index in [0.717, 1.165) is 5.75 Å². The number of benzene rings is 1. The van der Waals surface area contributed by atoms with E-state index in [9.17, 15) is 4.79 Å². The average Bonchev–Trinajstić information content (AvgIpc) is 2.36. The van der Waals surface area contributed by atoms with Gasteiger partial charge in [0, 0.05) is 5.75 Å². The maximum absolute atomic E-state index is 11.6. The lowest BCUT2D eigenvalue weighted by molar-refractivity contribution is 0.914. The van der Waals surface area contributed by atoms with Crippen LogP contribution in [0.3, 0.4) is 0 Å². The first kappa shape index (κ1) is 13.4. The number of hydrogen-bond donors (Lipinski definition) is 1. The molecule has 0 aliphatic carbocycles. The van der Waals surface area contributed by atoms with Gasteiger partial charge >= 0.3 is 0 Å². The van der Waals surface area contributed by atoms with E-state index in [1.807, 2.05) is 25.1 Å². The lowest BCUT2D eigenvalue weighted by Crippen LogP contribution is -2.09. The van der Waals surface area contributed by atoms with Gasteiger partial charge in [0.2, 0.25) is 0 Å². The summed E-state index contributed by atoms with van der Waals surface area (Å²) < 4.78 is 0. The molecule has 0 aliphatic heterocycles. The van der Waals surface area contributed by atoms with E-state index in [0.29, 0.717) is 10.9 Å². The SMILES string of the molecule is [C-]#[N+]c1c(C)nc(SCc2cccc(C)c2)[nH]c1=O. The highest BCUT2D eigenvalue weighted by atomic mass is 32.2. The monoisotopic (exact) mass is 271 g/mol. The highest BCUT2D eigenvalue weighted by Gasteiger charge is 2.08. The van der Waals surface area contributed by atoms with Crippen LogP contribution in [0.5, 0.6) is 0 Å². The normalized spacial score (nSPS) is 10.2. The van der Waals surface area contributed by atoms with Crippen LogP contribution in [-0.2, 0) is 5.75 Å². The third kappa shape index (κ3) is 3.24. The molecule has 96 valence electrons. The van der Waals surface area contributed by atoms with Crippen molar-refractivity contribution in [2.24, 2.45) is 0 Å². The van der Waals surface area contributed by atoms with E-state index in [1.54, 1.807) is 6.92 Å². The zero-order valence-corrected chi connectivity index (χ0v) is 11.5. The lowest BCUT2D eigenvalue weighted by Gasteiger charge is -2.04. The summed E-state index contributed by atoms with van der Waals surface area (Å²) in [6.07, 6.45) is 0. The summed E-state index contributed by atoms with van der Waals surface area (Å²) in [5.74, 6) is 0.738. The molecule has 0 amide bonds. The molecule has 0 fully saturated rings. The fourth-order valence-corrected chi connectivity index (χ4v) is 2.56. The molecule has 5 heteroatoms. The number of nitrogens with zero attached hydrogens (tertiary/aromatic N) is 2. The summed E-state index contributed by atoms with van der Waals surface area (Å²) in [5.41, 5.74) is 2.57. The van der Waals surface area contributed by atoms with Gasteiger partial charge in [-0.3, -0.25) is 4.79 Å². The molecule has 2 aromatic rings. The van der Waals surface area contributed by atoms with E-state index in [1.165, 1.54) is 22.9 Å². The van der Waals surface area contributed by atoms with E-state index in [2.05, 4.69) is 20.9 Å². The van der Waals surface area contributed by atoms with Crippen LogP contribution in [0.2, 0.25) is 0 Å². The Bertz CT molecular complexity index is 701. The van der Waals surface area contributed by atoms with Crippen LogP contribution in [0.1, 0.15) is 16.8 Å². The van der Waals surface area contributed by atoms with Crippen molar-refractivity contribution in [3.8, 4) is 0 Å². The van der Waals surface area contributed by atoms with Gasteiger partial charge < -0.3 is 4.98 Å². The fraction of sp³-hybridized carbons (Fsp3) is 0.214. The zero-order valence-electron chi connectivity index (χ0n) is 10.7. The standard InChI is InChI=1S/C14H13N3OS/c1-9-5-4-6-11(7-9)8-19-14-16-10(2)12(15-3)13(18)17-14/h4-7H,8H2,1-2H3,(H,16,17,18). The Kier molecular flexibility index (Phi) is 4.03. The number of hydrogen-bond acceptors (Lipinski definition) is 3. The molecule has 4 nitrogen and oxygen atoms in total. The van der Waals surface area contributed by atoms with Crippen LogP contribution in [0.4, 0.5) is 5.69 Å². The van der Waals surface area contributed by atoms with Crippen molar-refractivity contribution in [3.05, 3.63) is 62.9 Å². The minimum absolute atomic E-state index is 0.0694. The molecule has 0 saturated carbocycles. The van der Waals surface area contributed by atoms with Gasteiger partial charge in [0.25, 0.3) is 11.2 Å². The van der Waals surface area contributed by atoms with Gasteiger partial charge in [-0.25, -0.2) is 9.83 Å². The molecule has 0 saturated heterocycles. The van der Waals surface area contributed by atoms with Gasteiger partial charge in [0.05, 0.1) is 12.3 Å². The summed E-state index contributed by atoms with van der Waals surface area (Å²) in [6, 6.07) is 8.20. The predicted octanol–water partition coefficient (Wildman–Crippen LogP) is 3.23. The van der Waals surface area contributed by atoms with Crippen molar-refractivity contribution in [1.29, 1.82) is 0 Å². The number of H-pyrrole nitrogens is 1. The first-order chi connectivity index (χ1) is 9.10. The van der Waals surface area contributed by atoms with Crippen LogP contribution < -0.4 is 5.56 Å². The second-order valence-corrected chi connectivity index (χ2v) is 5.16. The highest BCUT2D eigenvalue weighted by molar-refractivity contribution is 7.98. The molecule has 1 aromatic heterocycles.